The summed E-state index contributed by atoms with van der Waals surface area (Å²) < 4.78 is 5.40. The van der Waals surface area contributed by atoms with Crippen LogP contribution in [0.4, 0.5) is 0 Å². The minimum Gasteiger partial charge on any atom is -0.409 e. The highest BCUT2D eigenvalue weighted by Crippen LogP contribution is 1.91. The number of ether oxygens (including phenoxy) is 1. The molecule has 16 heavy (non-hydrogen) atoms. The number of oxime groups is 1. The molecule has 0 heterocycles. The Labute approximate surface area is 97.4 Å². The van der Waals surface area contributed by atoms with Crippen molar-refractivity contribution in [2.45, 2.75) is 6.92 Å². The molecule has 4 N–H and O–H groups in total. The maximum atomic E-state index is 8.44. The van der Waals surface area contributed by atoms with Crippen LogP contribution in [0.25, 0.3) is 0 Å². The van der Waals surface area contributed by atoms with Crippen LogP contribution in [0.15, 0.2) is 5.16 Å². The second-order valence-corrected chi connectivity index (χ2v) is 4.05. The lowest BCUT2D eigenvalue weighted by Gasteiger charge is -2.12. The van der Waals surface area contributed by atoms with E-state index >= 15 is 0 Å². The molecular weight excluding hydrogens is 208 g/mol. The summed E-state index contributed by atoms with van der Waals surface area (Å²) >= 11 is 0. The SMILES string of the molecule is CC(CNCCOCCN(C)C)C(N)=NO. The van der Waals surface area contributed by atoms with E-state index in [1.54, 1.807) is 0 Å². The van der Waals surface area contributed by atoms with Gasteiger partial charge in [0.25, 0.3) is 0 Å². The third kappa shape index (κ3) is 8.46. The van der Waals surface area contributed by atoms with Crippen LogP contribution in [-0.4, -0.2) is 62.9 Å². The van der Waals surface area contributed by atoms with Gasteiger partial charge in [-0.15, -0.1) is 0 Å². The van der Waals surface area contributed by atoms with Crippen LogP contribution in [0, 0.1) is 5.92 Å². The van der Waals surface area contributed by atoms with E-state index in [1.165, 1.54) is 0 Å². The molecule has 96 valence electrons. The molecule has 0 aromatic carbocycles. The molecule has 0 aromatic heterocycles. The van der Waals surface area contributed by atoms with Gasteiger partial charge in [0, 0.05) is 25.6 Å². The largest absolute Gasteiger partial charge is 0.409 e. The normalized spacial score (nSPS) is 14.4. The summed E-state index contributed by atoms with van der Waals surface area (Å²) in [6.45, 7) is 5.71. The molecule has 0 amide bonds. The van der Waals surface area contributed by atoms with Crippen molar-refractivity contribution >= 4 is 5.84 Å². The second kappa shape index (κ2) is 9.38. The van der Waals surface area contributed by atoms with Crippen LogP contribution in [0.3, 0.4) is 0 Å². The molecule has 6 nitrogen and oxygen atoms in total. The van der Waals surface area contributed by atoms with E-state index in [1.807, 2.05) is 21.0 Å². The Kier molecular flexibility index (Phi) is 8.88. The van der Waals surface area contributed by atoms with Crippen LogP contribution in [0.2, 0.25) is 0 Å². The second-order valence-electron chi connectivity index (χ2n) is 4.05. The number of hydrogen-bond donors (Lipinski definition) is 3. The van der Waals surface area contributed by atoms with Crippen molar-refractivity contribution in [3.63, 3.8) is 0 Å². The standard InChI is InChI=1S/C10H24N4O2/c1-9(10(11)13-15)8-12-4-6-16-7-5-14(2)3/h9,12,15H,4-8H2,1-3H3,(H2,11,13). The fraction of sp³-hybridized carbons (Fsp3) is 0.900. The Morgan fingerprint density at radius 2 is 2.19 bits per heavy atom. The first-order valence-electron chi connectivity index (χ1n) is 5.48. The van der Waals surface area contributed by atoms with E-state index in [0.717, 1.165) is 19.7 Å². The Bertz CT molecular complexity index is 197. The van der Waals surface area contributed by atoms with Crippen LogP contribution >= 0.6 is 0 Å². The first-order valence-corrected chi connectivity index (χ1v) is 5.48. The molecule has 0 saturated carbocycles. The maximum Gasteiger partial charge on any atom is 0.143 e. The molecular formula is C10H24N4O2. The zero-order valence-corrected chi connectivity index (χ0v) is 10.4. The predicted molar refractivity (Wildman–Crippen MR) is 64.8 cm³/mol. The lowest BCUT2D eigenvalue weighted by molar-refractivity contribution is 0.119. The van der Waals surface area contributed by atoms with Crippen molar-refractivity contribution in [2.75, 3.05) is 46.9 Å². The zero-order chi connectivity index (χ0) is 12.4. The average molecular weight is 232 g/mol. The van der Waals surface area contributed by atoms with Crippen molar-refractivity contribution in [1.29, 1.82) is 0 Å². The molecule has 0 aliphatic carbocycles. The van der Waals surface area contributed by atoms with Crippen LogP contribution < -0.4 is 11.1 Å². The lowest BCUT2D eigenvalue weighted by Crippen LogP contribution is -2.33. The summed E-state index contributed by atoms with van der Waals surface area (Å²) in [5.74, 6) is 0.285. The van der Waals surface area contributed by atoms with Crippen LogP contribution in [0.5, 0.6) is 0 Å². The monoisotopic (exact) mass is 232 g/mol. The Hall–Kier alpha value is -0.850. The minimum absolute atomic E-state index is 0.0341. The highest BCUT2D eigenvalue weighted by atomic mass is 16.5. The van der Waals surface area contributed by atoms with Crippen molar-refractivity contribution in [3.05, 3.63) is 0 Å². The van der Waals surface area contributed by atoms with Gasteiger partial charge in [-0.2, -0.15) is 0 Å². The maximum absolute atomic E-state index is 8.44. The molecule has 6 heteroatoms. The van der Waals surface area contributed by atoms with Gasteiger partial charge in [-0.25, -0.2) is 0 Å². The first-order chi connectivity index (χ1) is 7.57. The van der Waals surface area contributed by atoms with Gasteiger partial charge in [-0.05, 0) is 14.1 Å². The highest BCUT2D eigenvalue weighted by molar-refractivity contribution is 5.82. The van der Waals surface area contributed by atoms with E-state index in [2.05, 4.69) is 15.4 Å². The Morgan fingerprint density at radius 3 is 2.75 bits per heavy atom. The van der Waals surface area contributed by atoms with Crippen LogP contribution in [-0.2, 0) is 4.74 Å². The number of nitrogens with one attached hydrogen (secondary N) is 1. The number of likely N-dealkylation sites (N-methyl/N-ethyl adjacent to an activating group) is 1. The molecule has 0 aliphatic heterocycles. The van der Waals surface area contributed by atoms with Gasteiger partial charge in [0.2, 0.25) is 0 Å². The summed E-state index contributed by atoms with van der Waals surface area (Å²) in [6, 6.07) is 0. The molecule has 0 fully saturated rings. The minimum atomic E-state index is 0.0341. The molecule has 1 atom stereocenters. The molecule has 0 aromatic rings. The number of amidine groups is 1. The molecule has 0 aliphatic rings. The van der Waals surface area contributed by atoms with E-state index in [4.69, 9.17) is 15.7 Å². The van der Waals surface area contributed by atoms with Gasteiger partial charge in [0.05, 0.1) is 13.2 Å². The molecule has 0 bridgehead atoms. The molecule has 0 spiro atoms. The summed E-state index contributed by atoms with van der Waals surface area (Å²) in [5.41, 5.74) is 5.44. The van der Waals surface area contributed by atoms with E-state index in [0.29, 0.717) is 13.2 Å². The van der Waals surface area contributed by atoms with Gasteiger partial charge in [0.15, 0.2) is 0 Å². The van der Waals surface area contributed by atoms with Gasteiger partial charge in [0.1, 0.15) is 5.84 Å². The van der Waals surface area contributed by atoms with Crippen molar-refractivity contribution in [1.82, 2.24) is 10.2 Å². The number of rotatable bonds is 9. The highest BCUT2D eigenvalue weighted by Gasteiger charge is 2.05. The van der Waals surface area contributed by atoms with Gasteiger partial charge >= 0.3 is 0 Å². The van der Waals surface area contributed by atoms with E-state index in [-0.39, 0.29) is 11.8 Å². The number of nitrogens with two attached hydrogens (primary N) is 1. The summed E-state index contributed by atoms with van der Waals surface area (Å²) in [7, 11) is 4.03. The number of hydrogen-bond acceptors (Lipinski definition) is 5. The third-order valence-electron chi connectivity index (χ3n) is 2.18. The van der Waals surface area contributed by atoms with E-state index < -0.39 is 0 Å². The third-order valence-corrected chi connectivity index (χ3v) is 2.18. The van der Waals surface area contributed by atoms with Gasteiger partial charge in [-0.3, -0.25) is 0 Å². The quantitative estimate of drug-likeness (QED) is 0.165. The van der Waals surface area contributed by atoms with Crippen molar-refractivity contribution < 1.29 is 9.94 Å². The van der Waals surface area contributed by atoms with Crippen LogP contribution in [0.1, 0.15) is 6.92 Å². The molecule has 0 radical (unpaired) electrons. The summed E-state index contributed by atoms with van der Waals surface area (Å²) in [6.07, 6.45) is 0. The molecule has 0 rings (SSSR count). The fourth-order valence-electron chi connectivity index (χ4n) is 1.02. The topological polar surface area (TPSA) is 83.1 Å². The zero-order valence-electron chi connectivity index (χ0n) is 10.4. The van der Waals surface area contributed by atoms with Crippen molar-refractivity contribution in [2.24, 2.45) is 16.8 Å². The summed E-state index contributed by atoms with van der Waals surface area (Å²) in [4.78, 5) is 2.08. The average Bonchev–Trinajstić information content (AvgIpc) is 2.25. The van der Waals surface area contributed by atoms with Gasteiger partial charge < -0.3 is 25.9 Å². The van der Waals surface area contributed by atoms with Crippen molar-refractivity contribution in [3.8, 4) is 0 Å². The lowest BCUT2D eigenvalue weighted by atomic mass is 10.1. The van der Waals surface area contributed by atoms with E-state index in [9.17, 15) is 0 Å². The predicted octanol–water partition coefficient (Wildman–Crippen LogP) is -0.463. The summed E-state index contributed by atoms with van der Waals surface area (Å²) in [5, 5.41) is 14.6. The number of nitrogens with zero attached hydrogens (tertiary/aromatic N) is 2. The molecule has 1 unspecified atom stereocenters. The Balaban J connectivity index is 3.27. The van der Waals surface area contributed by atoms with Gasteiger partial charge in [-0.1, -0.05) is 12.1 Å². The Morgan fingerprint density at radius 1 is 1.50 bits per heavy atom. The molecule has 0 saturated heterocycles. The smallest absolute Gasteiger partial charge is 0.143 e. The fourth-order valence-corrected chi connectivity index (χ4v) is 1.02. The first kappa shape index (κ1) is 15.2.